The second-order valence-electron chi connectivity index (χ2n) is 2.64. The van der Waals surface area contributed by atoms with Crippen molar-refractivity contribution in [3.8, 4) is 0 Å². The Bertz CT molecular complexity index is 366. The van der Waals surface area contributed by atoms with Gasteiger partial charge in [0.1, 0.15) is 4.86 Å². The van der Waals surface area contributed by atoms with E-state index in [1.807, 2.05) is 0 Å². The van der Waals surface area contributed by atoms with Crippen molar-refractivity contribution < 1.29 is 9.13 Å². The van der Waals surface area contributed by atoms with Gasteiger partial charge in [-0.15, -0.1) is 0 Å². The van der Waals surface area contributed by atoms with Crippen LogP contribution in [0.3, 0.4) is 0 Å². The molecule has 1 aliphatic carbocycles. The predicted octanol–water partition coefficient (Wildman–Crippen LogP) is 0.0247. The van der Waals surface area contributed by atoms with Gasteiger partial charge in [0.05, 0.1) is 16.2 Å². The van der Waals surface area contributed by atoms with Crippen molar-refractivity contribution in [3.63, 3.8) is 0 Å². The maximum atomic E-state index is 10.6. The Morgan fingerprint density at radius 1 is 1.62 bits per heavy atom. The summed E-state index contributed by atoms with van der Waals surface area (Å²) in [5.41, 5.74) is 5.85. The molecule has 0 aromatic heterocycles. The van der Waals surface area contributed by atoms with Gasteiger partial charge in [-0.25, -0.2) is 4.21 Å². The van der Waals surface area contributed by atoms with E-state index in [4.69, 9.17) is 5.73 Å². The predicted molar refractivity (Wildman–Crippen MR) is 49.7 cm³/mol. The molecule has 0 spiro atoms. The molecular weight excluding hydrogens is 192 g/mol. The van der Waals surface area contributed by atoms with Gasteiger partial charge in [0, 0.05) is 17.7 Å². The Labute approximate surface area is 78.1 Å². The highest BCUT2D eigenvalue weighted by Crippen LogP contribution is 2.18. The summed E-state index contributed by atoms with van der Waals surface area (Å²) in [4.78, 5) is 10.1. The first kappa shape index (κ1) is 9.66. The van der Waals surface area contributed by atoms with Gasteiger partial charge in [0.15, 0.2) is 0 Å². The molecule has 0 aromatic carbocycles. The molecule has 0 fully saturated rings. The van der Waals surface area contributed by atoms with E-state index >= 15 is 0 Å². The molecule has 2 N–H and O–H groups in total. The van der Waals surface area contributed by atoms with Crippen LogP contribution in [0.4, 0.5) is 0 Å². The number of allylic oxidation sites excluding steroid dienone is 4. The van der Waals surface area contributed by atoms with Crippen LogP contribution in [0.2, 0.25) is 0 Å². The Morgan fingerprint density at radius 3 is 2.69 bits per heavy atom. The number of rotatable bonds is 1. The van der Waals surface area contributed by atoms with Crippen molar-refractivity contribution in [1.82, 2.24) is 0 Å². The van der Waals surface area contributed by atoms with E-state index in [1.54, 1.807) is 6.92 Å². The zero-order valence-corrected chi connectivity index (χ0v) is 7.71. The van der Waals surface area contributed by atoms with Gasteiger partial charge in [-0.1, -0.05) is 6.92 Å². The lowest BCUT2D eigenvalue weighted by atomic mass is 9.97. The molecule has 0 heterocycles. The van der Waals surface area contributed by atoms with Crippen molar-refractivity contribution in [2.75, 3.05) is 0 Å². The van der Waals surface area contributed by atoms with Gasteiger partial charge in [-0.2, -0.15) is 0 Å². The fourth-order valence-electron chi connectivity index (χ4n) is 1.04. The van der Waals surface area contributed by atoms with E-state index in [-0.39, 0.29) is 27.7 Å². The highest BCUT2D eigenvalue weighted by atomic mass is 32.1. The third-order valence-corrected chi connectivity index (χ3v) is 2.61. The molecule has 1 unspecified atom stereocenters. The SMILES string of the molecule is CC1C(N)=CC=C([N+](=O)[O-])C1=S=O. The average molecular weight is 200 g/mol. The number of nitro groups is 1. The fraction of sp³-hybridized carbons (Fsp3) is 0.286. The third kappa shape index (κ3) is 1.67. The molecular formula is C7H8N2O3S. The van der Waals surface area contributed by atoms with Gasteiger partial charge in [0.25, 0.3) is 5.70 Å². The Hall–Kier alpha value is -1.43. The molecule has 1 rings (SSSR count). The van der Waals surface area contributed by atoms with Gasteiger partial charge in [-0.3, -0.25) is 10.1 Å². The topological polar surface area (TPSA) is 86.2 Å². The summed E-state index contributed by atoms with van der Waals surface area (Å²) in [7, 11) is 0. The van der Waals surface area contributed by atoms with Crippen LogP contribution in [0.5, 0.6) is 0 Å². The molecule has 5 nitrogen and oxygen atoms in total. The summed E-state index contributed by atoms with van der Waals surface area (Å²) in [6.45, 7) is 1.67. The molecule has 13 heavy (non-hydrogen) atoms. The molecule has 0 amide bonds. The highest BCUT2D eigenvalue weighted by molar-refractivity contribution is 7.67. The first-order valence-electron chi connectivity index (χ1n) is 3.56. The molecule has 0 aliphatic heterocycles. The maximum Gasteiger partial charge on any atom is 0.286 e. The van der Waals surface area contributed by atoms with E-state index in [2.05, 4.69) is 0 Å². The van der Waals surface area contributed by atoms with E-state index in [0.717, 1.165) is 0 Å². The van der Waals surface area contributed by atoms with Crippen LogP contribution >= 0.6 is 0 Å². The normalized spacial score (nSPS) is 21.9. The second kappa shape index (κ2) is 3.53. The Balaban J connectivity index is 3.23. The Morgan fingerprint density at radius 2 is 2.23 bits per heavy atom. The van der Waals surface area contributed by atoms with Gasteiger partial charge in [0.2, 0.25) is 0 Å². The van der Waals surface area contributed by atoms with Crippen molar-refractivity contribution in [2.45, 2.75) is 6.92 Å². The largest absolute Gasteiger partial charge is 0.402 e. The van der Waals surface area contributed by atoms with Crippen LogP contribution in [0, 0.1) is 16.0 Å². The van der Waals surface area contributed by atoms with Gasteiger partial charge < -0.3 is 5.73 Å². The van der Waals surface area contributed by atoms with Crippen molar-refractivity contribution >= 4 is 16.1 Å². The first-order valence-corrected chi connectivity index (χ1v) is 4.31. The molecule has 0 saturated heterocycles. The summed E-state index contributed by atoms with van der Waals surface area (Å²) in [6, 6.07) is 0. The zero-order chi connectivity index (χ0) is 10.0. The van der Waals surface area contributed by atoms with E-state index < -0.39 is 4.92 Å². The van der Waals surface area contributed by atoms with Gasteiger partial charge >= 0.3 is 0 Å². The standard InChI is InChI=1S/C7H8N2O3S/c1-4-5(8)2-3-6(9(10)11)7(4)13-12/h2-4H,8H2,1H3. The van der Waals surface area contributed by atoms with Crippen molar-refractivity contribution in [3.05, 3.63) is 33.7 Å². The summed E-state index contributed by atoms with van der Waals surface area (Å²) in [6.07, 6.45) is 2.72. The lowest BCUT2D eigenvalue weighted by molar-refractivity contribution is -0.415. The van der Waals surface area contributed by atoms with Gasteiger partial charge in [-0.05, 0) is 6.08 Å². The molecule has 1 atom stereocenters. The summed E-state index contributed by atoms with van der Waals surface area (Å²) < 4.78 is 10.6. The molecule has 70 valence electrons. The minimum atomic E-state index is -0.570. The number of hydrogen-bond donors (Lipinski definition) is 1. The summed E-state index contributed by atoms with van der Waals surface area (Å²) in [5.74, 6) is -0.354. The zero-order valence-electron chi connectivity index (χ0n) is 6.89. The van der Waals surface area contributed by atoms with Crippen LogP contribution in [0.15, 0.2) is 23.5 Å². The summed E-state index contributed by atoms with van der Waals surface area (Å²) >= 11 is 0.130. The molecule has 6 heteroatoms. The second-order valence-corrected chi connectivity index (χ2v) is 3.25. The smallest absolute Gasteiger partial charge is 0.286 e. The summed E-state index contributed by atoms with van der Waals surface area (Å²) in [5, 5.41) is 10.5. The van der Waals surface area contributed by atoms with E-state index in [1.165, 1.54) is 12.2 Å². The van der Waals surface area contributed by atoms with Crippen molar-refractivity contribution in [2.24, 2.45) is 11.7 Å². The first-order chi connectivity index (χ1) is 6.07. The number of nitrogens with two attached hydrogens (primary N) is 1. The van der Waals surface area contributed by atoms with Crippen LogP contribution < -0.4 is 5.73 Å². The van der Waals surface area contributed by atoms with Crippen LogP contribution in [-0.2, 0) is 11.3 Å². The molecule has 0 saturated carbocycles. The average Bonchev–Trinajstić information content (AvgIpc) is 2.09. The van der Waals surface area contributed by atoms with Crippen LogP contribution in [-0.4, -0.2) is 14.0 Å². The Kier molecular flexibility index (Phi) is 2.62. The molecule has 0 radical (unpaired) electrons. The fourth-order valence-corrected chi connectivity index (χ4v) is 1.55. The number of hydrogen-bond acceptors (Lipinski definition) is 4. The highest BCUT2D eigenvalue weighted by Gasteiger charge is 2.28. The van der Waals surface area contributed by atoms with Crippen LogP contribution in [0.25, 0.3) is 0 Å². The molecule has 1 aliphatic rings. The lowest BCUT2D eigenvalue weighted by Gasteiger charge is -2.13. The quantitative estimate of drug-likeness (QED) is 0.367. The van der Waals surface area contributed by atoms with Crippen molar-refractivity contribution in [1.29, 1.82) is 0 Å². The monoisotopic (exact) mass is 200 g/mol. The van der Waals surface area contributed by atoms with Crippen LogP contribution in [0.1, 0.15) is 6.92 Å². The minimum absolute atomic E-state index is 0.130. The third-order valence-electron chi connectivity index (χ3n) is 1.87. The van der Waals surface area contributed by atoms with E-state index in [0.29, 0.717) is 5.70 Å². The lowest BCUT2D eigenvalue weighted by Crippen LogP contribution is -2.26. The number of nitrogens with zero attached hydrogens (tertiary/aromatic N) is 1. The minimum Gasteiger partial charge on any atom is -0.402 e. The molecule has 0 bridgehead atoms. The molecule has 0 aromatic rings. The van der Waals surface area contributed by atoms with E-state index in [9.17, 15) is 14.3 Å². The maximum absolute atomic E-state index is 10.6.